The number of halogens is 1. The van der Waals surface area contributed by atoms with Gasteiger partial charge in [0.1, 0.15) is 6.54 Å². The molecule has 0 saturated carbocycles. The van der Waals surface area contributed by atoms with Crippen LogP contribution in [0.4, 0.5) is 5.69 Å². The number of nitrogens with zero attached hydrogens (tertiary/aromatic N) is 1. The summed E-state index contributed by atoms with van der Waals surface area (Å²) >= 11 is 5.81. The summed E-state index contributed by atoms with van der Waals surface area (Å²) in [7, 11) is 2.77. The van der Waals surface area contributed by atoms with Gasteiger partial charge in [0.25, 0.3) is 5.91 Å². The van der Waals surface area contributed by atoms with Crippen LogP contribution in [0.5, 0.6) is 0 Å². The summed E-state index contributed by atoms with van der Waals surface area (Å²) in [5, 5.41) is 0.308. The molecule has 1 rings (SSSR count). The monoisotopic (exact) mass is 256 g/mol. The van der Waals surface area contributed by atoms with Crippen LogP contribution in [0, 0.1) is 0 Å². The summed E-state index contributed by atoms with van der Waals surface area (Å²) in [5.41, 5.74) is 6.31. The highest BCUT2D eigenvalue weighted by Crippen LogP contribution is 2.20. The predicted molar refractivity (Wildman–Crippen MR) is 64.8 cm³/mol. The van der Waals surface area contributed by atoms with Crippen molar-refractivity contribution in [2.24, 2.45) is 0 Å². The smallest absolute Gasteiger partial charge is 0.325 e. The fraction of sp³-hybridized carbons (Fsp3) is 0.273. The minimum atomic E-state index is -0.484. The molecular formula is C11H13ClN2O3. The predicted octanol–water partition coefficient (Wildman–Crippen LogP) is 1.17. The Balaban J connectivity index is 2.81. The van der Waals surface area contributed by atoms with Crippen molar-refractivity contribution in [2.45, 2.75) is 0 Å². The van der Waals surface area contributed by atoms with E-state index in [4.69, 9.17) is 17.3 Å². The number of anilines is 1. The van der Waals surface area contributed by atoms with Crippen LogP contribution < -0.4 is 5.73 Å². The van der Waals surface area contributed by atoms with E-state index in [1.807, 2.05) is 0 Å². The number of hydrogen-bond donors (Lipinski definition) is 1. The van der Waals surface area contributed by atoms with Crippen LogP contribution in [0.15, 0.2) is 18.2 Å². The normalized spacial score (nSPS) is 9.82. The van der Waals surface area contributed by atoms with Crippen LogP contribution in [0.1, 0.15) is 10.4 Å². The van der Waals surface area contributed by atoms with E-state index in [-0.39, 0.29) is 12.5 Å². The molecule has 0 unspecified atom stereocenters. The first-order valence-electron chi connectivity index (χ1n) is 4.83. The summed E-state index contributed by atoms with van der Waals surface area (Å²) < 4.78 is 4.47. The summed E-state index contributed by atoms with van der Waals surface area (Å²) in [5.74, 6) is -0.806. The first-order valence-corrected chi connectivity index (χ1v) is 5.20. The number of amides is 1. The standard InChI is InChI=1S/C11H13ClN2O3/c1-14(6-10(15)17-2)11(16)7-3-4-9(13)8(12)5-7/h3-5H,6,13H2,1-2H3. The third kappa shape index (κ3) is 3.35. The van der Waals surface area contributed by atoms with Crippen LogP contribution in [-0.2, 0) is 9.53 Å². The molecule has 0 fully saturated rings. The molecule has 0 heterocycles. The molecule has 0 saturated heterocycles. The molecule has 92 valence electrons. The molecule has 1 aromatic carbocycles. The number of nitrogen functional groups attached to an aromatic ring is 1. The maximum Gasteiger partial charge on any atom is 0.325 e. The number of nitrogens with two attached hydrogens (primary N) is 1. The Bertz CT molecular complexity index is 448. The van der Waals surface area contributed by atoms with Crippen molar-refractivity contribution in [3.8, 4) is 0 Å². The van der Waals surface area contributed by atoms with Gasteiger partial charge in [-0.2, -0.15) is 0 Å². The summed E-state index contributed by atoms with van der Waals surface area (Å²) in [6.07, 6.45) is 0. The van der Waals surface area contributed by atoms with Gasteiger partial charge >= 0.3 is 5.97 Å². The lowest BCUT2D eigenvalue weighted by Gasteiger charge is -2.15. The highest BCUT2D eigenvalue weighted by atomic mass is 35.5. The van der Waals surface area contributed by atoms with E-state index >= 15 is 0 Å². The molecule has 0 aromatic heterocycles. The van der Waals surface area contributed by atoms with Crippen LogP contribution in [0.25, 0.3) is 0 Å². The molecule has 0 spiro atoms. The van der Waals surface area contributed by atoms with Crippen molar-refractivity contribution in [3.63, 3.8) is 0 Å². The van der Waals surface area contributed by atoms with E-state index in [0.717, 1.165) is 0 Å². The Hall–Kier alpha value is -1.75. The minimum absolute atomic E-state index is 0.114. The zero-order valence-corrected chi connectivity index (χ0v) is 10.3. The largest absolute Gasteiger partial charge is 0.468 e. The highest BCUT2D eigenvalue weighted by Gasteiger charge is 2.15. The molecule has 0 aliphatic rings. The number of likely N-dealkylation sites (N-methyl/N-ethyl adjacent to an activating group) is 1. The van der Waals surface area contributed by atoms with Gasteiger partial charge in [-0.1, -0.05) is 11.6 Å². The van der Waals surface area contributed by atoms with Gasteiger partial charge in [-0.3, -0.25) is 9.59 Å². The van der Waals surface area contributed by atoms with Gasteiger partial charge < -0.3 is 15.4 Å². The molecule has 5 nitrogen and oxygen atoms in total. The topological polar surface area (TPSA) is 72.6 Å². The molecule has 0 aliphatic carbocycles. The maximum atomic E-state index is 11.9. The van der Waals surface area contributed by atoms with Crippen LogP contribution >= 0.6 is 11.6 Å². The van der Waals surface area contributed by atoms with Gasteiger partial charge in [0, 0.05) is 12.6 Å². The number of carbonyl (C=O) groups excluding carboxylic acids is 2. The second-order valence-electron chi connectivity index (χ2n) is 3.47. The van der Waals surface area contributed by atoms with Gasteiger partial charge in [-0.25, -0.2) is 0 Å². The highest BCUT2D eigenvalue weighted by molar-refractivity contribution is 6.33. The average molecular weight is 257 g/mol. The van der Waals surface area contributed by atoms with Crippen molar-refractivity contribution in [2.75, 3.05) is 26.4 Å². The van der Waals surface area contributed by atoms with Crippen LogP contribution in [-0.4, -0.2) is 37.5 Å². The summed E-state index contributed by atoms with van der Waals surface area (Å²) in [6.45, 7) is -0.114. The average Bonchev–Trinajstić information content (AvgIpc) is 2.31. The van der Waals surface area contributed by atoms with Crippen molar-refractivity contribution >= 4 is 29.2 Å². The second-order valence-corrected chi connectivity index (χ2v) is 3.88. The number of carbonyl (C=O) groups is 2. The minimum Gasteiger partial charge on any atom is -0.468 e. The van der Waals surface area contributed by atoms with Crippen molar-refractivity contribution in [1.29, 1.82) is 0 Å². The Morgan fingerprint density at radius 3 is 2.65 bits per heavy atom. The first-order chi connectivity index (χ1) is 7.95. The van der Waals surface area contributed by atoms with E-state index in [2.05, 4.69) is 4.74 Å². The first kappa shape index (κ1) is 13.3. The molecular weight excluding hydrogens is 244 g/mol. The Morgan fingerprint density at radius 2 is 2.12 bits per heavy atom. The number of benzene rings is 1. The number of methoxy groups -OCH3 is 1. The molecule has 0 radical (unpaired) electrons. The fourth-order valence-corrected chi connectivity index (χ4v) is 1.39. The lowest BCUT2D eigenvalue weighted by Crippen LogP contribution is -2.32. The molecule has 17 heavy (non-hydrogen) atoms. The molecule has 0 bridgehead atoms. The number of esters is 1. The number of hydrogen-bond acceptors (Lipinski definition) is 4. The second kappa shape index (κ2) is 5.54. The van der Waals surface area contributed by atoms with Gasteiger partial charge in [0.05, 0.1) is 17.8 Å². The summed E-state index contributed by atoms with van der Waals surface area (Å²) in [6, 6.07) is 4.56. The van der Waals surface area contributed by atoms with Gasteiger partial charge in [-0.15, -0.1) is 0 Å². The van der Waals surface area contributed by atoms with E-state index in [1.54, 1.807) is 12.1 Å². The molecule has 1 amide bonds. The third-order valence-electron chi connectivity index (χ3n) is 2.19. The van der Waals surface area contributed by atoms with Gasteiger partial charge in [0.15, 0.2) is 0 Å². The molecule has 0 aliphatic heterocycles. The Labute approximate surface area is 104 Å². The van der Waals surface area contributed by atoms with E-state index < -0.39 is 5.97 Å². The number of ether oxygens (including phenoxy) is 1. The zero-order chi connectivity index (χ0) is 13.0. The lowest BCUT2D eigenvalue weighted by atomic mass is 10.2. The molecule has 6 heteroatoms. The third-order valence-corrected chi connectivity index (χ3v) is 2.52. The van der Waals surface area contributed by atoms with E-state index in [0.29, 0.717) is 16.3 Å². The van der Waals surface area contributed by atoms with Crippen LogP contribution in [0.3, 0.4) is 0 Å². The lowest BCUT2D eigenvalue weighted by molar-refractivity contribution is -0.141. The zero-order valence-electron chi connectivity index (χ0n) is 9.57. The van der Waals surface area contributed by atoms with Crippen molar-refractivity contribution in [3.05, 3.63) is 28.8 Å². The maximum absolute atomic E-state index is 11.9. The van der Waals surface area contributed by atoms with Crippen LogP contribution in [0.2, 0.25) is 5.02 Å². The Morgan fingerprint density at radius 1 is 1.47 bits per heavy atom. The van der Waals surface area contributed by atoms with E-state index in [1.165, 1.54) is 25.1 Å². The molecule has 2 N–H and O–H groups in total. The van der Waals surface area contributed by atoms with Gasteiger partial charge in [0.2, 0.25) is 0 Å². The van der Waals surface area contributed by atoms with Crippen molar-refractivity contribution < 1.29 is 14.3 Å². The van der Waals surface area contributed by atoms with Crippen molar-refractivity contribution in [1.82, 2.24) is 4.90 Å². The van der Waals surface area contributed by atoms with Gasteiger partial charge in [-0.05, 0) is 18.2 Å². The molecule has 0 atom stereocenters. The summed E-state index contributed by atoms with van der Waals surface area (Å²) in [4.78, 5) is 24.1. The Kier molecular flexibility index (Phi) is 4.34. The molecule has 1 aromatic rings. The number of rotatable bonds is 3. The fourth-order valence-electron chi connectivity index (χ4n) is 1.21. The quantitative estimate of drug-likeness (QED) is 0.651. The van der Waals surface area contributed by atoms with E-state index in [9.17, 15) is 9.59 Å². The SMILES string of the molecule is COC(=O)CN(C)C(=O)c1ccc(N)c(Cl)c1.